The smallest absolute Gasteiger partial charge is 0.304 e. The molecule has 1 fully saturated rings. The van der Waals surface area contributed by atoms with Gasteiger partial charge in [-0.1, -0.05) is 18.3 Å². The van der Waals surface area contributed by atoms with Crippen molar-refractivity contribution in [1.29, 1.82) is 0 Å². The summed E-state index contributed by atoms with van der Waals surface area (Å²) in [6, 6.07) is 0.999. The SMILES string of the molecule is CC1CC1CNS(=O)(=O)c1cc([N+](=O)[O-])c(N)s1. The number of hydrogen-bond acceptors (Lipinski definition) is 6. The molecule has 0 radical (unpaired) electrons. The van der Waals surface area contributed by atoms with Gasteiger partial charge in [0.1, 0.15) is 4.21 Å². The number of sulfonamides is 1. The Morgan fingerprint density at radius 2 is 2.28 bits per heavy atom. The Balaban J connectivity index is 2.14. The highest BCUT2D eigenvalue weighted by atomic mass is 32.2. The minimum Gasteiger partial charge on any atom is -0.385 e. The average Bonchev–Trinajstić information content (AvgIpc) is 2.80. The van der Waals surface area contributed by atoms with Crippen LogP contribution in [0, 0.1) is 22.0 Å². The van der Waals surface area contributed by atoms with Crippen LogP contribution in [0.25, 0.3) is 0 Å². The van der Waals surface area contributed by atoms with E-state index in [0.717, 1.165) is 12.5 Å². The minimum absolute atomic E-state index is 0.0971. The third kappa shape index (κ3) is 2.62. The summed E-state index contributed by atoms with van der Waals surface area (Å²) in [7, 11) is -3.69. The molecule has 1 aliphatic rings. The first-order chi connectivity index (χ1) is 8.31. The molecule has 0 aliphatic heterocycles. The molecule has 1 aromatic rings. The molecule has 2 rings (SSSR count). The zero-order valence-corrected chi connectivity index (χ0v) is 11.3. The zero-order valence-electron chi connectivity index (χ0n) is 9.62. The molecule has 3 N–H and O–H groups in total. The van der Waals surface area contributed by atoms with Gasteiger partial charge in [-0.25, -0.2) is 13.1 Å². The predicted octanol–water partition coefficient (Wildman–Crippen LogP) is 1.17. The van der Waals surface area contributed by atoms with Crippen LogP contribution in [-0.4, -0.2) is 19.9 Å². The number of thiophene rings is 1. The van der Waals surface area contributed by atoms with E-state index in [1.165, 1.54) is 0 Å². The van der Waals surface area contributed by atoms with E-state index >= 15 is 0 Å². The van der Waals surface area contributed by atoms with E-state index in [1.54, 1.807) is 0 Å². The number of nitrogens with zero attached hydrogens (tertiary/aromatic N) is 1. The third-order valence-electron chi connectivity index (χ3n) is 2.99. The number of nitrogens with two attached hydrogens (primary N) is 1. The number of hydrogen-bond donors (Lipinski definition) is 2. The van der Waals surface area contributed by atoms with E-state index in [1.807, 2.05) is 6.92 Å². The lowest BCUT2D eigenvalue weighted by atomic mass is 10.3. The molecule has 1 aromatic heterocycles. The first kappa shape index (κ1) is 13.2. The lowest BCUT2D eigenvalue weighted by molar-refractivity contribution is -0.383. The van der Waals surface area contributed by atoms with E-state index in [9.17, 15) is 18.5 Å². The summed E-state index contributed by atoms with van der Waals surface area (Å²) >= 11 is 0.708. The van der Waals surface area contributed by atoms with Gasteiger partial charge in [0, 0.05) is 12.6 Å². The second-order valence-electron chi connectivity index (χ2n) is 4.40. The predicted molar refractivity (Wildman–Crippen MR) is 67.8 cm³/mol. The second kappa shape index (κ2) is 4.48. The quantitative estimate of drug-likeness (QED) is 0.624. The van der Waals surface area contributed by atoms with Crippen molar-refractivity contribution < 1.29 is 13.3 Å². The molecule has 7 nitrogen and oxygen atoms in total. The lowest BCUT2D eigenvalue weighted by Gasteiger charge is -2.02. The molecule has 18 heavy (non-hydrogen) atoms. The van der Waals surface area contributed by atoms with Crippen molar-refractivity contribution in [2.75, 3.05) is 12.3 Å². The van der Waals surface area contributed by atoms with Gasteiger partial charge in [-0.15, -0.1) is 0 Å². The van der Waals surface area contributed by atoms with Crippen molar-refractivity contribution in [3.8, 4) is 0 Å². The van der Waals surface area contributed by atoms with E-state index in [4.69, 9.17) is 5.73 Å². The Labute approximate surface area is 108 Å². The number of nitrogen functional groups attached to an aromatic ring is 1. The zero-order chi connectivity index (χ0) is 13.5. The average molecular weight is 291 g/mol. The summed E-state index contributed by atoms with van der Waals surface area (Å²) in [4.78, 5) is 9.91. The maximum Gasteiger partial charge on any atom is 0.304 e. The molecule has 2 atom stereocenters. The second-order valence-corrected chi connectivity index (χ2v) is 7.47. The Hall–Kier alpha value is -1.19. The summed E-state index contributed by atoms with van der Waals surface area (Å²) in [5.41, 5.74) is 5.05. The molecular formula is C9H13N3O4S2. The number of nitro groups is 1. The number of rotatable bonds is 5. The van der Waals surface area contributed by atoms with Gasteiger partial charge >= 0.3 is 5.69 Å². The number of anilines is 1. The van der Waals surface area contributed by atoms with Crippen LogP contribution in [0.15, 0.2) is 10.3 Å². The molecule has 0 amide bonds. The van der Waals surface area contributed by atoms with Crippen LogP contribution >= 0.6 is 11.3 Å². The van der Waals surface area contributed by atoms with Gasteiger partial charge in [0.05, 0.1) is 4.92 Å². The Morgan fingerprint density at radius 1 is 1.67 bits per heavy atom. The van der Waals surface area contributed by atoms with Crippen molar-refractivity contribution >= 4 is 32.0 Å². The first-order valence-electron chi connectivity index (χ1n) is 5.34. The maximum atomic E-state index is 11.9. The molecule has 0 spiro atoms. The molecule has 0 aromatic carbocycles. The summed E-state index contributed by atoms with van der Waals surface area (Å²) < 4.78 is 26.1. The Kier molecular flexibility index (Phi) is 3.30. The fraction of sp³-hybridized carbons (Fsp3) is 0.556. The lowest BCUT2D eigenvalue weighted by Crippen LogP contribution is -2.25. The Bertz CT molecular complexity index is 581. The van der Waals surface area contributed by atoms with Gasteiger partial charge in [0.15, 0.2) is 5.00 Å². The third-order valence-corrected chi connectivity index (χ3v) is 5.84. The molecular weight excluding hydrogens is 278 g/mol. The van der Waals surface area contributed by atoms with E-state index in [-0.39, 0.29) is 14.9 Å². The highest BCUT2D eigenvalue weighted by Gasteiger charge is 2.34. The summed E-state index contributed by atoms with van der Waals surface area (Å²) in [5.74, 6) is 0.905. The first-order valence-corrected chi connectivity index (χ1v) is 7.64. The normalized spacial score (nSPS) is 22.9. The standard InChI is InChI=1S/C9H13N3O4S2/c1-5-2-6(5)4-11-18(15,16)8-3-7(12(13)14)9(10)17-8/h3,5-6,11H,2,4,10H2,1H3. The molecule has 9 heteroatoms. The van der Waals surface area contributed by atoms with Crippen molar-refractivity contribution in [1.82, 2.24) is 4.72 Å². The Morgan fingerprint density at radius 3 is 2.72 bits per heavy atom. The summed E-state index contributed by atoms with van der Waals surface area (Å²) in [6.07, 6.45) is 1.01. The van der Waals surface area contributed by atoms with Crippen LogP contribution in [0.1, 0.15) is 13.3 Å². The van der Waals surface area contributed by atoms with Crippen LogP contribution < -0.4 is 10.5 Å². The maximum absolute atomic E-state index is 11.9. The van der Waals surface area contributed by atoms with Gasteiger partial charge < -0.3 is 5.73 Å². The summed E-state index contributed by atoms with van der Waals surface area (Å²) in [5, 5.41) is 10.5. The molecule has 100 valence electrons. The van der Waals surface area contributed by atoms with Crippen LogP contribution in [0.3, 0.4) is 0 Å². The van der Waals surface area contributed by atoms with Crippen LogP contribution in [0.5, 0.6) is 0 Å². The van der Waals surface area contributed by atoms with Crippen molar-refractivity contribution in [3.63, 3.8) is 0 Å². The van der Waals surface area contributed by atoms with Crippen molar-refractivity contribution in [2.24, 2.45) is 11.8 Å². The van der Waals surface area contributed by atoms with Gasteiger partial charge in [-0.2, -0.15) is 0 Å². The highest BCUT2D eigenvalue weighted by molar-refractivity contribution is 7.91. The van der Waals surface area contributed by atoms with E-state index in [2.05, 4.69) is 4.72 Å². The molecule has 0 bridgehead atoms. The minimum atomic E-state index is -3.69. The topological polar surface area (TPSA) is 115 Å². The number of nitrogens with one attached hydrogen (secondary N) is 1. The molecule has 1 saturated carbocycles. The van der Waals surface area contributed by atoms with Crippen molar-refractivity contribution in [3.05, 3.63) is 16.2 Å². The molecule has 1 heterocycles. The summed E-state index contributed by atoms with van der Waals surface area (Å²) in [6.45, 7) is 2.42. The van der Waals surface area contributed by atoms with E-state index < -0.39 is 14.9 Å². The van der Waals surface area contributed by atoms with Gasteiger partial charge in [0.2, 0.25) is 10.0 Å². The van der Waals surface area contributed by atoms with Crippen LogP contribution in [-0.2, 0) is 10.0 Å². The highest BCUT2D eigenvalue weighted by Crippen LogP contribution is 2.38. The molecule has 0 saturated heterocycles. The molecule has 1 aliphatic carbocycles. The van der Waals surface area contributed by atoms with Gasteiger partial charge in [-0.3, -0.25) is 10.1 Å². The van der Waals surface area contributed by atoms with Crippen LogP contribution in [0.4, 0.5) is 10.7 Å². The van der Waals surface area contributed by atoms with Gasteiger partial charge in [-0.05, 0) is 18.3 Å². The van der Waals surface area contributed by atoms with Crippen LogP contribution in [0.2, 0.25) is 0 Å². The van der Waals surface area contributed by atoms with Gasteiger partial charge in [0.25, 0.3) is 0 Å². The fourth-order valence-electron chi connectivity index (χ4n) is 1.62. The van der Waals surface area contributed by atoms with E-state index in [0.29, 0.717) is 29.7 Å². The monoisotopic (exact) mass is 291 g/mol. The van der Waals surface area contributed by atoms with Crippen molar-refractivity contribution in [2.45, 2.75) is 17.6 Å². The fourth-order valence-corrected chi connectivity index (χ4v) is 3.97. The largest absolute Gasteiger partial charge is 0.385 e. The molecule has 2 unspecified atom stereocenters.